The van der Waals surface area contributed by atoms with Gasteiger partial charge in [-0.15, -0.1) is 0 Å². The first kappa shape index (κ1) is 36.8. The van der Waals surface area contributed by atoms with E-state index >= 15 is 0 Å². The molecular formula is H4AgAuLiMgNa. The van der Waals surface area contributed by atoms with E-state index in [1.165, 1.54) is 0 Å². The molecule has 0 nitrogen and oxygen atoms in total. The van der Waals surface area contributed by atoms with Crippen molar-refractivity contribution in [1.29, 1.82) is 0 Å². The molecule has 0 unspecified atom stereocenters. The van der Waals surface area contributed by atoms with E-state index in [4.69, 9.17) is 0 Å². The fourth-order valence-corrected chi connectivity index (χ4v) is 0. The average Bonchev–Trinajstić information content (AvgIpc) is 0. The van der Waals surface area contributed by atoms with Gasteiger partial charge in [-0.3, -0.25) is 0 Å². The molecule has 0 aromatic carbocycles. The number of rotatable bonds is 0. The summed E-state index contributed by atoms with van der Waals surface area (Å²) in [6.45, 7) is 0. The topological polar surface area (TPSA) is 0 Å². The van der Waals surface area contributed by atoms with Crippen molar-refractivity contribution in [3.63, 3.8) is 0 Å². The van der Waals surface area contributed by atoms with Crippen LogP contribution < -0.4 is 0 Å². The Hall–Kier alpha value is 3.84. The van der Waals surface area contributed by atoms with E-state index in [2.05, 4.69) is 0 Å². The molecule has 0 aliphatic heterocycles. The van der Waals surface area contributed by atoms with Crippen molar-refractivity contribution in [2.75, 3.05) is 0 Å². The molecule has 0 fully saturated rings. The van der Waals surface area contributed by atoms with Crippen LogP contribution in [-0.2, 0) is 44.8 Å². The minimum absolute atomic E-state index is 0. The first-order chi connectivity index (χ1) is 0. The van der Waals surface area contributed by atoms with Crippen LogP contribution in [0.2, 0.25) is 0 Å². The Bertz CT molecular complexity index is 11.6. The third kappa shape index (κ3) is 18.1. The molecule has 2 radical (unpaired) electrons. The molecule has 0 atom stereocenters. The Morgan fingerprint density at radius 3 is 1.00 bits per heavy atom. The first-order valence-electron chi connectivity index (χ1n) is 0. The molecule has 5 heavy (non-hydrogen) atoms. The van der Waals surface area contributed by atoms with Crippen molar-refractivity contribution in [2.24, 2.45) is 0 Å². The maximum atomic E-state index is 0. The van der Waals surface area contributed by atoms with Crippen LogP contribution >= 0.6 is 0 Å². The molecule has 0 heterocycles. The third-order valence-corrected chi connectivity index (χ3v) is 0. The number of hydrogen-bond donors (Lipinski definition) is 0. The van der Waals surface area contributed by atoms with Crippen LogP contribution in [-0.4, -0.2) is 71.5 Å². The summed E-state index contributed by atoms with van der Waals surface area (Å²) >= 11 is 0. The summed E-state index contributed by atoms with van der Waals surface area (Å²) in [5.74, 6) is 0. The van der Waals surface area contributed by atoms with Crippen molar-refractivity contribution in [1.82, 2.24) is 0 Å². The molecule has 0 bridgehead atoms. The van der Waals surface area contributed by atoms with Crippen molar-refractivity contribution < 1.29 is 44.8 Å². The predicted molar refractivity (Wildman–Crippen MR) is 22.8 cm³/mol. The molecule has 0 aliphatic rings. The molecule has 5 heteroatoms. The van der Waals surface area contributed by atoms with Gasteiger partial charge < -0.3 is 0 Å². The quantitative estimate of drug-likeness (QED) is 0.428. The van der Waals surface area contributed by atoms with Crippen LogP contribution in [0.5, 0.6) is 0 Å². The van der Waals surface area contributed by atoms with Gasteiger partial charge in [0.1, 0.15) is 0 Å². The van der Waals surface area contributed by atoms with Crippen molar-refractivity contribution >= 4 is 71.5 Å². The summed E-state index contributed by atoms with van der Waals surface area (Å²) < 4.78 is 0. The van der Waals surface area contributed by atoms with Crippen molar-refractivity contribution in [2.45, 2.75) is 0 Å². The fraction of sp³-hybridized carbons (Fsp3) is 0. The molecule has 0 aromatic rings. The van der Waals surface area contributed by atoms with Crippen LogP contribution in [0.1, 0.15) is 0 Å². The van der Waals surface area contributed by atoms with E-state index in [1.807, 2.05) is 0 Å². The van der Waals surface area contributed by atoms with Gasteiger partial charge in [0, 0.05) is 44.8 Å². The van der Waals surface area contributed by atoms with Crippen LogP contribution in [0, 0.1) is 0 Å². The molecule has 0 N–H and O–H groups in total. The maximum absolute atomic E-state index is 0. The Balaban J connectivity index is 0. The molecular weight excluding hydrogens is 359 g/mol. The molecule has 0 spiro atoms. The normalized spacial score (nSPS) is 0. The standard InChI is InChI=1S/Ag.Au.Li.Mg.Na.4H. The Morgan fingerprint density at radius 1 is 1.00 bits per heavy atom. The summed E-state index contributed by atoms with van der Waals surface area (Å²) in [6.07, 6.45) is 0. The van der Waals surface area contributed by atoms with Gasteiger partial charge in [0.15, 0.2) is 0 Å². The van der Waals surface area contributed by atoms with E-state index in [-0.39, 0.29) is 116 Å². The zero-order valence-electron chi connectivity index (χ0n) is 0.603. The Kier molecular flexibility index (Phi) is 183. The second kappa shape index (κ2) is 24.9. The van der Waals surface area contributed by atoms with Crippen LogP contribution in [0.15, 0.2) is 0 Å². The molecule has 0 saturated carbocycles. The van der Waals surface area contributed by atoms with E-state index in [0.29, 0.717) is 0 Å². The van der Waals surface area contributed by atoms with Gasteiger partial charge in [-0.2, -0.15) is 0 Å². The molecule has 30 valence electrons. The summed E-state index contributed by atoms with van der Waals surface area (Å²) in [6, 6.07) is 0. The van der Waals surface area contributed by atoms with E-state index in [9.17, 15) is 0 Å². The van der Waals surface area contributed by atoms with Gasteiger partial charge in [-0.1, -0.05) is 0 Å². The average molecular weight is 363 g/mol. The minimum atomic E-state index is 0. The van der Waals surface area contributed by atoms with Gasteiger partial charge in [-0.05, 0) is 0 Å². The van der Waals surface area contributed by atoms with Gasteiger partial charge in [0.25, 0.3) is 0 Å². The Morgan fingerprint density at radius 2 is 1.00 bits per heavy atom. The van der Waals surface area contributed by atoms with Gasteiger partial charge >= 0.3 is 71.5 Å². The molecule has 0 aromatic heterocycles. The molecule has 0 amide bonds. The zero-order valence-corrected chi connectivity index (χ0v) is 4.25. The van der Waals surface area contributed by atoms with Crippen LogP contribution in [0.3, 0.4) is 0 Å². The molecule has 0 rings (SSSR count). The first-order valence-corrected chi connectivity index (χ1v) is 0. The fourth-order valence-electron chi connectivity index (χ4n) is 0. The van der Waals surface area contributed by atoms with Crippen molar-refractivity contribution in [3.8, 4) is 0 Å². The second-order valence-electron chi connectivity index (χ2n) is 0. The predicted octanol–water partition coefficient (Wildman–Crippen LogP) is -2.22. The summed E-state index contributed by atoms with van der Waals surface area (Å²) in [7, 11) is 0. The third-order valence-electron chi connectivity index (χ3n) is 0. The number of hydrogen-bond acceptors (Lipinski definition) is 0. The molecule has 0 saturated heterocycles. The van der Waals surface area contributed by atoms with Crippen LogP contribution in [0.4, 0.5) is 0 Å². The van der Waals surface area contributed by atoms with Gasteiger partial charge in [0.05, 0.1) is 0 Å². The van der Waals surface area contributed by atoms with E-state index < -0.39 is 0 Å². The van der Waals surface area contributed by atoms with Crippen LogP contribution in [0.25, 0.3) is 0 Å². The molecule has 0 aliphatic carbocycles. The summed E-state index contributed by atoms with van der Waals surface area (Å²) in [4.78, 5) is 0. The van der Waals surface area contributed by atoms with E-state index in [1.54, 1.807) is 0 Å². The zero-order chi connectivity index (χ0) is 0. The van der Waals surface area contributed by atoms with Crippen molar-refractivity contribution in [3.05, 3.63) is 0 Å². The SMILES string of the molecule is [Ag].[Au].[LiH].[MgH2].[NaH]. The monoisotopic (exact) mass is 362 g/mol. The second-order valence-corrected chi connectivity index (χ2v) is 0. The Labute approximate surface area is 114 Å². The van der Waals surface area contributed by atoms with E-state index in [0.717, 1.165) is 0 Å². The summed E-state index contributed by atoms with van der Waals surface area (Å²) in [5, 5.41) is 0. The van der Waals surface area contributed by atoms with Gasteiger partial charge in [0.2, 0.25) is 0 Å². The van der Waals surface area contributed by atoms with Gasteiger partial charge in [-0.25, -0.2) is 0 Å². The summed E-state index contributed by atoms with van der Waals surface area (Å²) in [5.41, 5.74) is 0.